The molecular weight excluding hydrogens is 304 g/mol. The fourth-order valence-electron chi connectivity index (χ4n) is 2.04. The van der Waals surface area contributed by atoms with E-state index in [4.69, 9.17) is 11.6 Å². The molecule has 114 valence electrons. The lowest BCUT2D eigenvalue weighted by molar-refractivity contribution is 0.419. The summed E-state index contributed by atoms with van der Waals surface area (Å²) in [7, 11) is 0. The lowest BCUT2D eigenvalue weighted by Crippen LogP contribution is -2.30. The van der Waals surface area contributed by atoms with Gasteiger partial charge < -0.3 is 5.32 Å². The number of benzene rings is 1. The van der Waals surface area contributed by atoms with E-state index in [0.29, 0.717) is 18.1 Å². The number of nitrogens with zero attached hydrogens (tertiary/aromatic N) is 1. The van der Waals surface area contributed by atoms with E-state index < -0.39 is 0 Å². The monoisotopic (exact) mass is 324 g/mol. The molecule has 2 aromatic rings. The molecule has 0 atom stereocenters. The standard InChI is InChI=1S/C16H21ClN2OS/c1-16(2,3)19-15(20)13(18-11-7-10-17)14(21-19)12-8-5-4-6-9-12/h4-6,8-9,18H,7,10-11H2,1-3H3. The summed E-state index contributed by atoms with van der Waals surface area (Å²) in [6, 6.07) is 10.0. The first-order valence-corrected chi connectivity index (χ1v) is 8.38. The molecule has 3 nitrogen and oxygen atoms in total. The Morgan fingerprint density at radius 1 is 1.24 bits per heavy atom. The van der Waals surface area contributed by atoms with E-state index in [1.165, 1.54) is 11.5 Å². The molecule has 0 saturated heterocycles. The summed E-state index contributed by atoms with van der Waals surface area (Å²) in [6.07, 6.45) is 0.834. The van der Waals surface area contributed by atoms with E-state index in [0.717, 1.165) is 16.9 Å². The van der Waals surface area contributed by atoms with Crippen LogP contribution in [0.15, 0.2) is 35.1 Å². The zero-order valence-corrected chi connectivity index (χ0v) is 14.2. The molecule has 0 unspecified atom stereocenters. The number of alkyl halides is 1. The van der Waals surface area contributed by atoms with Crippen LogP contribution in [0, 0.1) is 0 Å². The molecule has 1 heterocycles. The van der Waals surface area contributed by atoms with Crippen LogP contribution >= 0.6 is 23.1 Å². The summed E-state index contributed by atoms with van der Waals surface area (Å²) in [6.45, 7) is 6.84. The summed E-state index contributed by atoms with van der Waals surface area (Å²) in [5.74, 6) is 0.589. The zero-order valence-electron chi connectivity index (χ0n) is 12.6. The van der Waals surface area contributed by atoms with Gasteiger partial charge in [0.1, 0.15) is 5.69 Å². The largest absolute Gasteiger partial charge is 0.379 e. The summed E-state index contributed by atoms with van der Waals surface area (Å²) in [5.41, 5.74) is 1.57. The Morgan fingerprint density at radius 3 is 2.48 bits per heavy atom. The SMILES string of the molecule is CC(C)(C)n1sc(-c2ccccc2)c(NCCCCl)c1=O. The minimum atomic E-state index is -0.225. The first-order valence-electron chi connectivity index (χ1n) is 7.07. The van der Waals surface area contributed by atoms with E-state index in [2.05, 4.69) is 5.32 Å². The Bertz CT molecular complexity index is 641. The van der Waals surface area contributed by atoms with Crippen molar-refractivity contribution in [3.05, 3.63) is 40.7 Å². The van der Waals surface area contributed by atoms with Gasteiger partial charge in [0.25, 0.3) is 5.56 Å². The molecular formula is C16H21ClN2OS. The second-order valence-electron chi connectivity index (χ2n) is 5.90. The van der Waals surface area contributed by atoms with Gasteiger partial charge in [-0.25, -0.2) is 0 Å². The van der Waals surface area contributed by atoms with Crippen LogP contribution in [-0.2, 0) is 5.54 Å². The molecule has 0 spiro atoms. The van der Waals surface area contributed by atoms with Crippen LogP contribution in [0.5, 0.6) is 0 Å². The molecule has 0 bridgehead atoms. The van der Waals surface area contributed by atoms with Gasteiger partial charge in [0.15, 0.2) is 0 Å². The predicted octanol–water partition coefficient (Wildman–Crippen LogP) is 4.37. The molecule has 0 aliphatic carbocycles. The first kappa shape index (κ1) is 16.1. The van der Waals surface area contributed by atoms with Crippen LogP contribution < -0.4 is 10.9 Å². The van der Waals surface area contributed by atoms with E-state index >= 15 is 0 Å². The van der Waals surface area contributed by atoms with Gasteiger partial charge in [0, 0.05) is 12.4 Å². The average Bonchev–Trinajstić information content (AvgIpc) is 2.78. The maximum absolute atomic E-state index is 12.7. The molecule has 0 fully saturated rings. The Hall–Kier alpha value is -1.26. The molecule has 1 aromatic heterocycles. The Labute approximate surface area is 134 Å². The van der Waals surface area contributed by atoms with E-state index in [-0.39, 0.29) is 11.1 Å². The van der Waals surface area contributed by atoms with E-state index in [1.54, 1.807) is 0 Å². The molecule has 1 N–H and O–H groups in total. The molecule has 21 heavy (non-hydrogen) atoms. The fourth-order valence-corrected chi connectivity index (χ4v) is 3.30. The van der Waals surface area contributed by atoms with Crippen LogP contribution in [0.4, 0.5) is 5.69 Å². The quantitative estimate of drug-likeness (QED) is 0.654. The maximum Gasteiger partial charge on any atom is 0.285 e. The Morgan fingerprint density at radius 2 is 1.90 bits per heavy atom. The van der Waals surface area contributed by atoms with Crippen molar-refractivity contribution in [2.24, 2.45) is 0 Å². The summed E-state index contributed by atoms with van der Waals surface area (Å²) in [4.78, 5) is 13.7. The number of halogens is 1. The van der Waals surface area contributed by atoms with E-state index in [1.807, 2.05) is 55.1 Å². The molecule has 2 rings (SSSR count). The highest BCUT2D eigenvalue weighted by Gasteiger charge is 2.23. The molecule has 1 aromatic carbocycles. The third-order valence-electron chi connectivity index (χ3n) is 3.07. The van der Waals surface area contributed by atoms with Crippen molar-refractivity contribution in [2.45, 2.75) is 32.7 Å². The molecule has 5 heteroatoms. The van der Waals surface area contributed by atoms with Crippen molar-refractivity contribution >= 4 is 28.8 Å². The molecule has 0 saturated carbocycles. The van der Waals surface area contributed by atoms with Gasteiger partial charge >= 0.3 is 0 Å². The third kappa shape index (κ3) is 3.69. The van der Waals surface area contributed by atoms with Crippen molar-refractivity contribution in [3.63, 3.8) is 0 Å². The van der Waals surface area contributed by atoms with E-state index in [9.17, 15) is 4.79 Å². The topological polar surface area (TPSA) is 34.0 Å². The number of nitrogens with one attached hydrogen (secondary N) is 1. The van der Waals surface area contributed by atoms with Gasteiger partial charge in [-0.15, -0.1) is 11.6 Å². The number of anilines is 1. The van der Waals surface area contributed by atoms with Crippen LogP contribution in [0.25, 0.3) is 10.4 Å². The fraction of sp³-hybridized carbons (Fsp3) is 0.438. The predicted molar refractivity (Wildman–Crippen MR) is 92.8 cm³/mol. The number of hydrogen-bond acceptors (Lipinski definition) is 3. The maximum atomic E-state index is 12.7. The summed E-state index contributed by atoms with van der Waals surface area (Å²) < 4.78 is 1.83. The van der Waals surface area contributed by atoms with Crippen LogP contribution in [0.3, 0.4) is 0 Å². The van der Waals surface area contributed by atoms with Crippen molar-refractivity contribution in [3.8, 4) is 10.4 Å². The van der Waals surface area contributed by atoms with Crippen molar-refractivity contribution in [1.29, 1.82) is 0 Å². The first-order chi connectivity index (χ1) is 9.95. The average molecular weight is 325 g/mol. The number of hydrogen-bond donors (Lipinski definition) is 1. The molecule has 0 aliphatic heterocycles. The van der Waals surface area contributed by atoms with Crippen LogP contribution in [-0.4, -0.2) is 16.4 Å². The Kier molecular flexibility index (Phi) is 5.12. The number of aromatic nitrogens is 1. The lowest BCUT2D eigenvalue weighted by Gasteiger charge is -2.18. The van der Waals surface area contributed by atoms with Gasteiger partial charge in [-0.05, 0) is 32.8 Å². The van der Waals surface area contributed by atoms with Gasteiger partial charge in [0.2, 0.25) is 0 Å². The van der Waals surface area contributed by atoms with Crippen molar-refractivity contribution < 1.29 is 0 Å². The van der Waals surface area contributed by atoms with Crippen molar-refractivity contribution in [1.82, 2.24) is 3.96 Å². The minimum absolute atomic E-state index is 0.0425. The highest BCUT2D eigenvalue weighted by atomic mass is 35.5. The van der Waals surface area contributed by atoms with Gasteiger partial charge in [-0.1, -0.05) is 41.9 Å². The summed E-state index contributed by atoms with van der Waals surface area (Å²) in [5, 5.41) is 3.27. The molecule has 0 radical (unpaired) electrons. The van der Waals surface area contributed by atoms with Crippen molar-refractivity contribution in [2.75, 3.05) is 17.7 Å². The second-order valence-corrected chi connectivity index (χ2v) is 7.24. The van der Waals surface area contributed by atoms with Gasteiger partial charge in [-0.2, -0.15) is 0 Å². The van der Waals surface area contributed by atoms with Gasteiger partial charge in [-0.3, -0.25) is 8.75 Å². The third-order valence-corrected chi connectivity index (χ3v) is 4.85. The van der Waals surface area contributed by atoms with Gasteiger partial charge in [0.05, 0.1) is 10.4 Å². The highest BCUT2D eigenvalue weighted by Crippen LogP contribution is 2.33. The smallest absolute Gasteiger partial charge is 0.285 e. The minimum Gasteiger partial charge on any atom is -0.379 e. The molecule has 0 amide bonds. The summed E-state index contributed by atoms with van der Waals surface area (Å²) >= 11 is 7.23. The van der Waals surface area contributed by atoms with Crippen LogP contribution in [0.2, 0.25) is 0 Å². The normalized spacial score (nSPS) is 11.6. The number of rotatable bonds is 5. The lowest BCUT2D eigenvalue weighted by atomic mass is 10.1. The Balaban J connectivity index is 2.49. The second kappa shape index (κ2) is 6.67. The van der Waals surface area contributed by atoms with Crippen LogP contribution in [0.1, 0.15) is 27.2 Å². The molecule has 0 aliphatic rings. The zero-order chi connectivity index (χ0) is 15.5. The highest BCUT2D eigenvalue weighted by molar-refractivity contribution is 7.11.